The molecule has 2 aromatic carbocycles. The lowest BCUT2D eigenvalue weighted by Gasteiger charge is -2.06. The van der Waals surface area contributed by atoms with Gasteiger partial charge in [0.25, 0.3) is 0 Å². The molecule has 0 amide bonds. The second-order valence-corrected chi connectivity index (χ2v) is 8.74. The van der Waals surface area contributed by atoms with E-state index in [9.17, 15) is 8.42 Å². The van der Waals surface area contributed by atoms with Crippen molar-refractivity contribution < 1.29 is 8.42 Å². The molecule has 0 aliphatic carbocycles. The highest BCUT2D eigenvalue weighted by Crippen LogP contribution is 2.23. The molecule has 0 N–H and O–H groups in total. The Kier molecular flexibility index (Phi) is 5.24. The SMILES string of the molecule is Cc1ccc(CSc2nnc(CS(=O)(=O)c3ccccc3)n2C)cc1. The third-order valence-corrected chi connectivity index (χ3v) is 6.56. The molecule has 0 spiro atoms. The fourth-order valence-corrected chi connectivity index (χ4v) is 4.53. The standard InChI is InChI=1S/C18H19N3O2S2/c1-14-8-10-15(11-9-14)12-24-18-20-19-17(21(18)2)13-25(22,23)16-6-4-3-5-7-16/h3-11H,12-13H2,1-2H3. The maximum absolute atomic E-state index is 12.5. The van der Waals surface area contributed by atoms with Gasteiger partial charge in [0.05, 0.1) is 4.90 Å². The molecule has 130 valence electrons. The van der Waals surface area contributed by atoms with Gasteiger partial charge in [-0.1, -0.05) is 59.8 Å². The third kappa shape index (κ3) is 4.29. The van der Waals surface area contributed by atoms with Crippen LogP contribution in [0.3, 0.4) is 0 Å². The first kappa shape index (κ1) is 17.7. The molecule has 1 heterocycles. The van der Waals surface area contributed by atoms with Crippen LogP contribution in [-0.2, 0) is 28.4 Å². The summed E-state index contributed by atoms with van der Waals surface area (Å²) in [5, 5.41) is 8.91. The van der Waals surface area contributed by atoms with Crippen LogP contribution < -0.4 is 0 Å². The lowest BCUT2D eigenvalue weighted by atomic mass is 10.2. The zero-order valence-corrected chi connectivity index (χ0v) is 15.7. The number of hydrogen-bond donors (Lipinski definition) is 0. The number of aromatic nitrogens is 3. The predicted molar refractivity (Wildman–Crippen MR) is 99.1 cm³/mol. The summed E-state index contributed by atoms with van der Waals surface area (Å²) in [5.41, 5.74) is 2.41. The molecule has 0 aliphatic heterocycles. The topological polar surface area (TPSA) is 64.8 Å². The summed E-state index contributed by atoms with van der Waals surface area (Å²) in [7, 11) is -1.63. The van der Waals surface area contributed by atoms with Crippen molar-refractivity contribution in [2.75, 3.05) is 0 Å². The summed E-state index contributed by atoms with van der Waals surface area (Å²) in [4.78, 5) is 0.298. The van der Waals surface area contributed by atoms with Gasteiger partial charge < -0.3 is 4.57 Å². The Labute approximate surface area is 152 Å². The molecule has 0 aliphatic rings. The molecule has 0 atom stereocenters. The number of rotatable bonds is 6. The monoisotopic (exact) mass is 373 g/mol. The number of nitrogens with zero attached hydrogens (tertiary/aromatic N) is 3. The van der Waals surface area contributed by atoms with Gasteiger partial charge in [0.15, 0.2) is 15.0 Å². The van der Waals surface area contributed by atoms with Crippen molar-refractivity contribution in [3.63, 3.8) is 0 Å². The maximum Gasteiger partial charge on any atom is 0.191 e. The molecule has 1 aromatic heterocycles. The average molecular weight is 374 g/mol. The molecular weight excluding hydrogens is 354 g/mol. The molecule has 0 saturated heterocycles. The van der Waals surface area contributed by atoms with Gasteiger partial charge in [0, 0.05) is 12.8 Å². The number of benzene rings is 2. The lowest BCUT2D eigenvalue weighted by Crippen LogP contribution is -2.09. The van der Waals surface area contributed by atoms with E-state index in [1.54, 1.807) is 53.7 Å². The Hall–Kier alpha value is -2.12. The Morgan fingerprint density at radius 2 is 1.68 bits per heavy atom. The number of aryl methyl sites for hydroxylation is 1. The van der Waals surface area contributed by atoms with E-state index in [0.29, 0.717) is 15.9 Å². The van der Waals surface area contributed by atoms with E-state index in [2.05, 4.69) is 41.4 Å². The van der Waals surface area contributed by atoms with Crippen LogP contribution in [0.5, 0.6) is 0 Å². The zero-order chi connectivity index (χ0) is 17.9. The van der Waals surface area contributed by atoms with Gasteiger partial charge in [0.1, 0.15) is 11.6 Å². The summed E-state index contributed by atoms with van der Waals surface area (Å²) in [6.07, 6.45) is 0. The van der Waals surface area contributed by atoms with Crippen LogP contribution in [-0.4, -0.2) is 23.2 Å². The second-order valence-electron chi connectivity index (χ2n) is 5.80. The molecule has 3 aromatic rings. The fraction of sp³-hybridized carbons (Fsp3) is 0.222. The Morgan fingerprint density at radius 3 is 2.36 bits per heavy atom. The van der Waals surface area contributed by atoms with Gasteiger partial charge in [0.2, 0.25) is 0 Å². The maximum atomic E-state index is 12.5. The van der Waals surface area contributed by atoms with Gasteiger partial charge in [-0.2, -0.15) is 0 Å². The van der Waals surface area contributed by atoms with Crippen molar-refractivity contribution in [2.24, 2.45) is 7.05 Å². The van der Waals surface area contributed by atoms with E-state index >= 15 is 0 Å². The van der Waals surface area contributed by atoms with Gasteiger partial charge >= 0.3 is 0 Å². The van der Waals surface area contributed by atoms with Crippen molar-refractivity contribution in [1.82, 2.24) is 14.8 Å². The molecule has 3 rings (SSSR count). The molecule has 0 bridgehead atoms. The summed E-state index contributed by atoms with van der Waals surface area (Å²) < 4.78 is 26.7. The molecule has 7 heteroatoms. The van der Waals surface area contributed by atoms with Crippen LogP contribution in [0.1, 0.15) is 17.0 Å². The van der Waals surface area contributed by atoms with Crippen LogP contribution in [0.25, 0.3) is 0 Å². The Bertz CT molecular complexity index is 950. The highest BCUT2D eigenvalue weighted by molar-refractivity contribution is 7.98. The van der Waals surface area contributed by atoms with Crippen molar-refractivity contribution in [3.8, 4) is 0 Å². The highest BCUT2D eigenvalue weighted by atomic mass is 32.2. The number of thioether (sulfide) groups is 1. The summed E-state index contributed by atoms with van der Waals surface area (Å²) in [6.45, 7) is 2.05. The highest BCUT2D eigenvalue weighted by Gasteiger charge is 2.20. The van der Waals surface area contributed by atoms with Crippen molar-refractivity contribution in [3.05, 3.63) is 71.5 Å². The molecule has 25 heavy (non-hydrogen) atoms. The summed E-state index contributed by atoms with van der Waals surface area (Å²) >= 11 is 1.54. The first-order chi connectivity index (χ1) is 12.0. The summed E-state index contributed by atoms with van der Waals surface area (Å²) in [5.74, 6) is 1.04. The largest absolute Gasteiger partial charge is 0.308 e. The minimum absolute atomic E-state index is 0.161. The minimum atomic E-state index is -3.43. The zero-order valence-electron chi connectivity index (χ0n) is 14.1. The van der Waals surface area contributed by atoms with E-state index in [1.165, 1.54) is 11.1 Å². The third-order valence-electron chi connectivity index (χ3n) is 3.84. The molecule has 0 fully saturated rings. The van der Waals surface area contributed by atoms with Gasteiger partial charge in [-0.25, -0.2) is 8.42 Å². The fourth-order valence-electron chi connectivity index (χ4n) is 2.31. The van der Waals surface area contributed by atoms with Crippen LogP contribution in [0.4, 0.5) is 0 Å². The average Bonchev–Trinajstić information content (AvgIpc) is 2.95. The molecular formula is C18H19N3O2S2. The number of hydrogen-bond acceptors (Lipinski definition) is 5. The minimum Gasteiger partial charge on any atom is -0.308 e. The first-order valence-electron chi connectivity index (χ1n) is 7.80. The van der Waals surface area contributed by atoms with Crippen LogP contribution in [0.15, 0.2) is 64.6 Å². The quantitative estimate of drug-likeness (QED) is 0.620. The van der Waals surface area contributed by atoms with E-state index in [0.717, 1.165) is 5.75 Å². The second kappa shape index (κ2) is 7.41. The van der Waals surface area contributed by atoms with E-state index in [4.69, 9.17) is 0 Å². The van der Waals surface area contributed by atoms with E-state index < -0.39 is 9.84 Å². The van der Waals surface area contributed by atoms with Crippen molar-refractivity contribution in [1.29, 1.82) is 0 Å². The normalized spacial score (nSPS) is 11.6. The first-order valence-corrected chi connectivity index (χ1v) is 10.4. The van der Waals surface area contributed by atoms with Crippen LogP contribution >= 0.6 is 11.8 Å². The molecule has 0 unspecified atom stereocenters. The molecule has 5 nitrogen and oxygen atoms in total. The number of sulfone groups is 1. The van der Waals surface area contributed by atoms with Gasteiger partial charge in [-0.3, -0.25) is 0 Å². The van der Waals surface area contributed by atoms with Crippen molar-refractivity contribution in [2.45, 2.75) is 28.5 Å². The lowest BCUT2D eigenvalue weighted by molar-refractivity contribution is 0.591. The molecule has 0 radical (unpaired) electrons. The predicted octanol–water partition coefficient (Wildman–Crippen LogP) is 3.39. The molecule has 0 saturated carbocycles. The van der Waals surface area contributed by atoms with E-state index in [1.807, 2.05) is 0 Å². The van der Waals surface area contributed by atoms with Crippen LogP contribution in [0.2, 0.25) is 0 Å². The van der Waals surface area contributed by atoms with Crippen LogP contribution in [0, 0.1) is 6.92 Å². The van der Waals surface area contributed by atoms with Gasteiger partial charge in [-0.05, 0) is 24.6 Å². The van der Waals surface area contributed by atoms with E-state index in [-0.39, 0.29) is 5.75 Å². The van der Waals surface area contributed by atoms with Crippen molar-refractivity contribution >= 4 is 21.6 Å². The Morgan fingerprint density at radius 1 is 1.00 bits per heavy atom. The summed E-state index contributed by atoms with van der Waals surface area (Å²) in [6, 6.07) is 16.7. The smallest absolute Gasteiger partial charge is 0.191 e. The van der Waals surface area contributed by atoms with Gasteiger partial charge in [-0.15, -0.1) is 10.2 Å². The Balaban J connectivity index is 1.72.